The Hall–Kier alpha value is -1.72. The van der Waals surface area contributed by atoms with Crippen LogP contribution >= 0.6 is 11.3 Å². The van der Waals surface area contributed by atoms with Gasteiger partial charge in [-0.1, -0.05) is 43.2 Å². The largest absolute Gasteiger partial charge is 0.375 e. The van der Waals surface area contributed by atoms with Crippen LogP contribution in [0.5, 0.6) is 0 Å². The number of carbonyl (C=O) groups is 1. The Morgan fingerprint density at radius 3 is 2.85 bits per heavy atom. The summed E-state index contributed by atoms with van der Waals surface area (Å²) in [6, 6.07) is 10.5. The van der Waals surface area contributed by atoms with Gasteiger partial charge in [-0.15, -0.1) is 11.3 Å². The quantitative estimate of drug-likeness (QED) is 0.875. The van der Waals surface area contributed by atoms with Crippen molar-refractivity contribution >= 4 is 17.2 Å². The predicted molar refractivity (Wildman–Crippen MR) is 104 cm³/mol. The summed E-state index contributed by atoms with van der Waals surface area (Å²) >= 11 is 1.52. The average Bonchev–Trinajstić information content (AvgIpc) is 3.22. The van der Waals surface area contributed by atoms with E-state index >= 15 is 0 Å². The van der Waals surface area contributed by atoms with E-state index in [0.29, 0.717) is 0 Å². The fraction of sp³-hybridized carbons (Fsp3) is 0.524. The number of carbonyl (C=O) groups excluding carboxylic acids is 1. The third-order valence-electron chi connectivity index (χ3n) is 5.59. The van der Waals surface area contributed by atoms with Crippen LogP contribution in [-0.2, 0) is 11.2 Å². The second kappa shape index (κ2) is 7.49. The van der Waals surface area contributed by atoms with Crippen molar-refractivity contribution in [2.45, 2.75) is 63.5 Å². The van der Waals surface area contributed by atoms with Gasteiger partial charge in [-0.25, -0.2) is 4.98 Å². The highest BCUT2D eigenvalue weighted by molar-refractivity contribution is 7.13. The zero-order chi connectivity index (χ0) is 18.0. The van der Waals surface area contributed by atoms with Crippen molar-refractivity contribution in [3.63, 3.8) is 0 Å². The summed E-state index contributed by atoms with van der Waals surface area (Å²) < 4.78 is 6.08. The average molecular weight is 371 g/mol. The molecule has 2 aromatic rings. The minimum Gasteiger partial charge on any atom is -0.375 e. The van der Waals surface area contributed by atoms with Crippen molar-refractivity contribution in [2.75, 3.05) is 6.61 Å². The van der Waals surface area contributed by atoms with Crippen molar-refractivity contribution < 1.29 is 9.53 Å². The molecule has 4 nitrogen and oxygen atoms in total. The first-order valence-electron chi connectivity index (χ1n) is 9.59. The molecule has 138 valence electrons. The van der Waals surface area contributed by atoms with Gasteiger partial charge in [-0.2, -0.15) is 0 Å². The molecule has 1 amide bonds. The third-order valence-corrected chi connectivity index (χ3v) is 6.74. The highest BCUT2D eigenvalue weighted by Gasteiger charge is 2.40. The van der Waals surface area contributed by atoms with E-state index in [9.17, 15) is 4.79 Å². The van der Waals surface area contributed by atoms with Crippen molar-refractivity contribution in [3.8, 4) is 0 Å². The zero-order valence-corrected chi connectivity index (χ0v) is 16.1. The van der Waals surface area contributed by atoms with Crippen molar-refractivity contribution in [3.05, 3.63) is 51.5 Å². The van der Waals surface area contributed by atoms with Gasteiger partial charge in [0.15, 0.2) is 0 Å². The van der Waals surface area contributed by atoms with Gasteiger partial charge in [0, 0.05) is 19.1 Å². The van der Waals surface area contributed by atoms with Gasteiger partial charge in [-0.05, 0) is 38.2 Å². The number of nitrogens with zero attached hydrogens (tertiary/aromatic N) is 1. The Kier molecular flexibility index (Phi) is 5.09. The van der Waals surface area contributed by atoms with Crippen LogP contribution in [-0.4, -0.2) is 29.1 Å². The molecule has 1 aliphatic heterocycles. The molecule has 1 aliphatic carbocycles. The first kappa shape index (κ1) is 17.7. The lowest BCUT2D eigenvalue weighted by Gasteiger charge is -2.38. The Morgan fingerprint density at radius 2 is 2.08 bits per heavy atom. The van der Waals surface area contributed by atoms with E-state index in [1.807, 2.05) is 25.1 Å². The SMILES string of the molecule is Cc1nc(Cc2ccccc2)sc1C(=O)NC1CCOC2(CCCC2)C1. The second-order valence-electron chi connectivity index (χ2n) is 7.59. The smallest absolute Gasteiger partial charge is 0.263 e. The molecule has 0 bridgehead atoms. The number of thiazole rings is 1. The number of benzene rings is 1. The monoisotopic (exact) mass is 370 g/mol. The van der Waals surface area contributed by atoms with Crippen LogP contribution in [0.2, 0.25) is 0 Å². The lowest BCUT2D eigenvalue weighted by Crippen LogP contribution is -2.47. The van der Waals surface area contributed by atoms with Gasteiger partial charge in [0.2, 0.25) is 0 Å². The van der Waals surface area contributed by atoms with Crippen molar-refractivity contribution in [2.24, 2.45) is 0 Å². The third kappa shape index (κ3) is 3.84. The molecule has 1 unspecified atom stereocenters. The molecule has 1 saturated carbocycles. The second-order valence-corrected chi connectivity index (χ2v) is 8.67. The number of hydrogen-bond acceptors (Lipinski definition) is 4. The Bertz CT molecular complexity index is 766. The summed E-state index contributed by atoms with van der Waals surface area (Å²) in [5.74, 6) is 0.0272. The molecule has 1 aromatic heterocycles. The van der Waals surface area contributed by atoms with Crippen LogP contribution in [0.3, 0.4) is 0 Å². The molecule has 2 aliphatic rings. The standard InChI is InChI=1S/C21H26N2O2S/c1-15-19(26-18(22-15)13-16-7-3-2-4-8-16)20(24)23-17-9-12-25-21(14-17)10-5-6-11-21/h2-4,7-8,17H,5-6,9-14H2,1H3,(H,23,24). The molecular formula is C21H26N2O2S. The van der Waals surface area contributed by atoms with Gasteiger partial charge < -0.3 is 10.1 Å². The van der Waals surface area contributed by atoms with Crippen LogP contribution in [0.15, 0.2) is 30.3 Å². The molecule has 2 fully saturated rings. The molecule has 1 spiro atoms. The fourth-order valence-electron chi connectivity index (χ4n) is 4.28. The molecule has 5 heteroatoms. The van der Waals surface area contributed by atoms with E-state index in [0.717, 1.165) is 54.3 Å². The van der Waals surface area contributed by atoms with Gasteiger partial charge in [0.05, 0.1) is 16.3 Å². The van der Waals surface area contributed by atoms with E-state index in [1.165, 1.54) is 29.7 Å². The van der Waals surface area contributed by atoms with E-state index in [-0.39, 0.29) is 17.6 Å². The molecule has 26 heavy (non-hydrogen) atoms. The Labute approximate surface area is 159 Å². The van der Waals surface area contributed by atoms with E-state index < -0.39 is 0 Å². The Morgan fingerprint density at radius 1 is 1.31 bits per heavy atom. The number of aryl methyl sites for hydroxylation is 1. The summed E-state index contributed by atoms with van der Waals surface area (Å²) in [5.41, 5.74) is 2.08. The van der Waals surface area contributed by atoms with E-state index in [4.69, 9.17) is 4.74 Å². The molecule has 1 saturated heterocycles. The molecule has 1 aromatic carbocycles. The zero-order valence-electron chi connectivity index (χ0n) is 15.3. The first-order chi connectivity index (χ1) is 12.6. The maximum absolute atomic E-state index is 12.8. The lowest BCUT2D eigenvalue weighted by atomic mass is 9.89. The normalized spacial score (nSPS) is 21.8. The molecular weight excluding hydrogens is 344 g/mol. The predicted octanol–water partition coefficient (Wildman–Crippen LogP) is 4.26. The number of rotatable bonds is 4. The molecule has 0 radical (unpaired) electrons. The van der Waals surface area contributed by atoms with E-state index in [2.05, 4.69) is 22.4 Å². The van der Waals surface area contributed by atoms with Crippen LogP contribution in [0.1, 0.15) is 64.5 Å². The maximum Gasteiger partial charge on any atom is 0.263 e. The summed E-state index contributed by atoms with van der Waals surface area (Å²) in [4.78, 5) is 18.2. The topological polar surface area (TPSA) is 51.2 Å². The number of ether oxygens (including phenoxy) is 1. The van der Waals surface area contributed by atoms with Crippen LogP contribution in [0.4, 0.5) is 0 Å². The van der Waals surface area contributed by atoms with Gasteiger partial charge in [0.25, 0.3) is 5.91 Å². The summed E-state index contributed by atoms with van der Waals surface area (Å²) in [5, 5.41) is 4.25. The minimum atomic E-state index is 0.0252. The molecule has 1 N–H and O–H groups in total. The summed E-state index contributed by atoms with van der Waals surface area (Å²) in [7, 11) is 0. The number of aromatic nitrogens is 1. The Balaban J connectivity index is 1.41. The lowest BCUT2D eigenvalue weighted by molar-refractivity contribution is -0.0823. The van der Waals surface area contributed by atoms with Gasteiger partial charge in [0.1, 0.15) is 4.88 Å². The van der Waals surface area contributed by atoms with Crippen molar-refractivity contribution in [1.29, 1.82) is 0 Å². The van der Waals surface area contributed by atoms with Gasteiger partial charge in [-0.3, -0.25) is 4.79 Å². The van der Waals surface area contributed by atoms with E-state index in [1.54, 1.807) is 0 Å². The molecule has 2 heterocycles. The summed E-state index contributed by atoms with van der Waals surface area (Å²) in [6.07, 6.45) is 7.41. The maximum atomic E-state index is 12.8. The summed E-state index contributed by atoms with van der Waals surface area (Å²) in [6.45, 7) is 2.69. The number of hydrogen-bond donors (Lipinski definition) is 1. The molecule has 4 rings (SSSR count). The molecule has 1 atom stereocenters. The van der Waals surface area contributed by atoms with Crippen molar-refractivity contribution in [1.82, 2.24) is 10.3 Å². The van der Waals surface area contributed by atoms with Crippen LogP contribution < -0.4 is 5.32 Å². The minimum absolute atomic E-state index is 0.0252. The number of nitrogens with one attached hydrogen (secondary N) is 1. The van der Waals surface area contributed by atoms with Crippen LogP contribution in [0.25, 0.3) is 0 Å². The highest BCUT2D eigenvalue weighted by Crippen LogP contribution is 2.40. The van der Waals surface area contributed by atoms with Crippen LogP contribution in [0, 0.1) is 6.92 Å². The highest BCUT2D eigenvalue weighted by atomic mass is 32.1. The number of amides is 1. The first-order valence-corrected chi connectivity index (χ1v) is 10.4. The van der Waals surface area contributed by atoms with Gasteiger partial charge >= 0.3 is 0 Å². The fourth-order valence-corrected chi connectivity index (χ4v) is 5.28.